The Morgan fingerprint density at radius 1 is 1.36 bits per heavy atom. The van der Waals surface area contributed by atoms with Crippen LogP contribution in [0.5, 0.6) is 0 Å². The first-order valence-corrected chi connectivity index (χ1v) is 5.03. The molecule has 0 saturated carbocycles. The van der Waals surface area contributed by atoms with Crippen LogP contribution in [0.4, 0.5) is 0 Å². The number of rotatable bonds is 2. The van der Waals surface area contributed by atoms with E-state index in [0.717, 1.165) is 0 Å². The van der Waals surface area contributed by atoms with Gasteiger partial charge in [0.25, 0.3) is 10.0 Å². The van der Waals surface area contributed by atoms with Gasteiger partial charge >= 0.3 is 0 Å². The smallest absolute Gasteiger partial charge is 0.204 e. The van der Waals surface area contributed by atoms with Gasteiger partial charge in [0.1, 0.15) is 0 Å². The van der Waals surface area contributed by atoms with Gasteiger partial charge in [0.05, 0.1) is 4.75 Å². The monoisotopic (exact) mass is 177 g/mol. The van der Waals surface area contributed by atoms with Gasteiger partial charge in [-0.2, -0.15) is 4.40 Å². The maximum absolute atomic E-state index is 11.2. The van der Waals surface area contributed by atoms with E-state index in [1.165, 1.54) is 6.21 Å². The van der Waals surface area contributed by atoms with E-state index in [4.69, 9.17) is 0 Å². The van der Waals surface area contributed by atoms with E-state index in [1.807, 2.05) is 6.92 Å². The van der Waals surface area contributed by atoms with Crippen LogP contribution in [0.15, 0.2) is 4.40 Å². The van der Waals surface area contributed by atoms with Crippen LogP contribution in [0.3, 0.4) is 0 Å². The van der Waals surface area contributed by atoms with Crippen molar-refractivity contribution >= 4 is 16.2 Å². The van der Waals surface area contributed by atoms with Gasteiger partial charge in [0.2, 0.25) is 0 Å². The summed E-state index contributed by atoms with van der Waals surface area (Å²) in [5.74, 6) is 0. The lowest BCUT2D eigenvalue weighted by Gasteiger charge is -2.14. The van der Waals surface area contributed by atoms with Gasteiger partial charge in [-0.05, 0) is 27.2 Å². The SMILES string of the molecule is CC/C=N/S(=O)(=O)C(C)(C)C. The highest BCUT2D eigenvalue weighted by atomic mass is 32.2. The van der Waals surface area contributed by atoms with E-state index in [0.29, 0.717) is 6.42 Å². The average Bonchev–Trinajstić information content (AvgIpc) is 1.81. The first kappa shape index (κ1) is 10.6. The van der Waals surface area contributed by atoms with Gasteiger partial charge in [0, 0.05) is 6.21 Å². The van der Waals surface area contributed by atoms with Crippen molar-refractivity contribution in [1.82, 2.24) is 0 Å². The van der Waals surface area contributed by atoms with E-state index in [9.17, 15) is 8.42 Å². The Kier molecular flexibility index (Phi) is 3.23. The molecule has 0 saturated heterocycles. The summed E-state index contributed by atoms with van der Waals surface area (Å²) in [6.45, 7) is 6.75. The molecule has 0 N–H and O–H groups in total. The molecule has 66 valence electrons. The first-order valence-electron chi connectivity index (χ1n) is 3.59. The number of nitrogens with zero attached hydrogens (tertiary/aromatic N) is 1. The molecular formula is C7H15NO2S. The number of hydrogen-bond acceptors (Lipinski definition) is 2. The molecule has 0 aromatic rings. The molecule has 0 fully saturated rings. The van der Waals surface area contributed by atoms with Crippen molar-refractivity contribution in [2.24, 2.45) is 4.40 Å². The molecule has 0 aliphatic rings. The third-order valence-corrected chi connectivity index (χ3v) is 3.14. The number of hydrogen-bond donors (Lipinski definition) is 0. The minimum atomic E-state index is -3.29. The highest BCUT2D eigenvalue weighted by Gasteiger charge is 2.27. The molecule has 0 aromatic carbocycles. The standard InChI is InChI=1S/C7H15NO2S/c1-5-6-8-11(9,10)7(2,3)4/h6H,5H2,1-4H3/b8-6+. The third-order valence-electron chi connectivity index (χ3n) is 1.17. The second-order valence-corrected chi connectivity index (χ2v) is 5.67. The lowest BCUT2D eigenvalue weighted by atomic mass is 10.3. The summed E-state index contributed by atoms with van der Waals surface area (Å²) in [6, 6.07) is 0. The van der Waals surface area contributed by atoms with Crippen molar-refractivity contribution in [1.29, 1.82) is 0 Å². The molecule has 0 atom stereocenters. The molecule has 0 rings (SSSR count). The summed E-state index contributed by atoms with van der Waals surface area (Å²) < 4.78 is 25.1. The van der Waals surface area contributed by atoms with Crippen LogP contribution in [0, 0.1) is 0 Å². The van der Waals surface area contributed by atoms with Crippen LogP contribution < -0.4 is 0 Å². The summed E-state index contributed by atoms with van der Waals surface area (Å²) in [5, 5.41) is 0. The predicted molar refractivity (Wildman–Crippen MR) is 47.5 cm³/mol. The topological polar surface area (TPSA) is 46.5 Å². The molecular weight excluding hydrogens is 162 g/mol. The molecule has 0 unspecified atom stereocenters. The summed E-state index contributed by atoms with van der Waals surface area (Å²) in [6.07, 6.45) is 2.07. The highest BCUT2D eigenvalue weighted by Crippen LogP contribution is 2.16. The maximum Gasteiger partial charge on any atom is 0.257 e. The Morgan fingerprint density at radius 3 is 2.09 bits per heavy atom. The summed E-state index contributed by atoms with van der Waals surface area (Å²) >= 11 is 0. The molecule has 4 heteroatoms. The Hall–Kier alpha value is -0.380. The normalized spacial score (nSPS) is 14.2. The lowest BCUT2D eigenvalue weighted by molar-refractivity contribution is 0.562. The molecule has 0 amide bonds. The molecule has 0 heterocycles. The molecule has 0 spiro atoms. The summed E-state index contributed by atoms with van der Waals surface area (Å²) in [4.78, 5) is 0. The largest absolute Gasteiger partial charge is 0.257 e. The summed E-state index contributed by atoms with van der Waals surface area (Å²) in [5.41, 5.74) is 0. The maximum atomic E-state index is 11.2. The van der Waals surface area contributed by atoms with Crippen molar-refractivity contribution in [2.75, 3.05) is 0 Å². The minimum Gasteiger partial charge on any atom is -0.204 e. The van der Waals surface area contributed by atoms with E-state index in [2.05, 4.69) is 4.40 Å². The van der Waals surface area contributed by atoms with Crippen LogP contribution in [-0.4, -0.2) is 19.4 Å². The molecule has 0 aliphatic heterocycles. The Bertz CT molecular complexity index is 234. The lowest BCUT2D eigenvalue weighted by Crippen LogP contribution is -2.25. The summed E-state index contributed by atoms with van der Waals surface area (Å²) in [7, 11) is -3.29. The quantitative estimate of drug-likeness (QED) is 0.601. The fourth-order valence-corrected chi connectivity index (χ4v) is 0.992. The van der Waals surface area contributed by atoms with Crippen molar-refractivity contribution < 1.29 is 8.42 Å². The van der Waals surface area contributed by atoms with Crippen molar-refractivity contribution in [2.45, 2.75) is 38.9 Å². The second-order valence-electron chi connectivity index (χ2n) is 3.28. The van der Waals surface area contributed by atoms with E-state index < -0.39 is 14.8 Å². The van der Waals surface area contributed by atoms with E-state index in [-0.39, 0.29) is 0 Å². The molecule has 0 aliphatic carbocycles. The Balaban J connectivity index is 4.64. The molecule has 0 aromatic heterocycles. The minimum absolute atomic E-state index is 0.648. The van der Waals surface area contributed by atoms with Gasteiger partial charge in [-0.1, -0.05) is 6.92 Å². The van der Waals surface area contributed by atoms with Gasteiger partial charge in [-0.3, -0.25) is 0 Å². The molecule has 3 nitrogen and oxygen atoms in total. The number of sulfonamides is 1. The van der Waals surface area contributed by atoms with Gasteiger partial charge in [-0.25, -0.2) is 8.42 Å². The predicted octanol–water partition coefficient (Wildman–Crippen LogP) is 1.60. The van der Waals surface area contributed by atoms with Crippen LogP contribution in [0.2, 0.25) is 0 Å². The Labute approximate surface area is 68.6 Å². The van der Waals surface area contributed by atoms with Crippen LogP contribution >= 0.6 is 0 Å². The average molecular weight is 177 g/mol. The highest BCUT2D eigenvalue weighted by molar-refractivity contribution is 7.91. The van der Waals surface area contributed by atoms with Crippen molar-refractivity contribution in [3.05, 3.63) is 0 Å². The zero-order valence-corrected chi connectivity index (χ0v) is 8.27. The zero-order valence-electron chi connectivity index (χ0n) is 7.46. The molecule has 0 bridgehead atoms. The molecule has 11 heavy (non-hydrogen) atoms. The van der Waals surface area contributed by atoms with Gasteiger partial charge in [0.15, 0.2) is 0 Å². The van der Waals surface area contributed by atoms with E-state index in [1.54, 1.807) is 20.8 Å². The van der Waals surface area contributed by atoms with Crippen molar-refractivity contribution in [3.8, 4) is 0 Å². The molecule has 0 radical (unpaired) electrons. The fourth-order valence-electron chi connectivity index (χ4n) is 0.331. The zero-order chi connectivity index (χ0) is 9.12. The second kappa shape index (κ2) is 3.34. The van der Waals surface area contributed by atoms with Gasteiger partial charge in [-0.15, -0.1) is 0 Å². The third kappa shape index (κ3) is 3.01. The fraction of sp³-hybridized carbons (Fsp3) is 0.857. The van der Waals surface area contributed by atoms with Crippen LogP contribution in [-0.2, 0) is 10.0 Å². The first-order chi connectivity index (χ1) is 4.81. The van der Waals surface area contributed by atoms with Gasteiger partial charge < -0.3 is 0 Å². The Morgan fingerprint density at radius 2 is 1.82 bits per heavy atom. The van der Waals surface area contributed by atoms with Crippen molar-refractivity contribution in [3.63, 3.8) is 0 Å². The van der Waals surface area contributed by atoms with E-state index >= 15 is 0 Å². The van der Waals surface area contributed by atoms with Crippen LogP contribution in [0.1, 0.15) is 34.1 Å². The van der Waals surface area contributed by atoms with Crippen LogP contribution in [0.25, 0.3) is 0 Å².